The van der Waals surface area contributed by atoms with Crippen molar-refractivity contribution in [3.05, 3.63) is 241 Å². The first kappa shape index (κ1) is 35.3. The highest BCUT2D eigenvalue weighted by atomic mass is 16.5. The van der Waals surface area contributed by atoms with Crippen LogP contribution in [0.2, 0.25) is 0 Å². The van der Waals surface area contributed by atoms with Gasteiger partial charge < -0.3 is 9.30 Å². The zero-order valence-electron chi connectivity index (χ0n) is 57.0. The minimum atomic E-state index is -0.514. The molecule has 6 nitrogen and oxygen atoms in total. The van der Waals surface area contributed by atoms with Crippen LogP contribution in [0.25, 0.3) is 99.8 Å². The van der Waals surface area contributed by atoms with Crippen LogP contribution in [0.1, 0.15) is 95.8 Å². The molecule has 0 saturated carbocycles. The van der Waals surface area contributed by atoms with E-state index in [-0.39, 0.29) is 68.3 Å². The number of fused-ring (bicyclic) bond motifs is 7. The second-order valence-corrected chi connectivity index (χ2v) is 22.0. The summed E-state index contributed by atoms with van der Waals surface area (Å²) < 4.78 is 130. The summed E-state index contributed by atoms with van der Waals surface area (Å²) >= 11 is 0. The zero-order valence-corrected chi connectivity index (χ0v) is 44.0. The predicted molar refractivity (Wildman–Crippen MR) is 319 cm³/mol. The second-order valence-electron chi connectivity index (χ2n) is 22.0. The van der Waals surface area contributed by atoms with Crippen LogP contribution in [0.5, 0.6) is 11.5 Å². The number of ether oxygens (including phenoxy) is 1. The van der Waals surface area contributed by atoms with E-state index in [1.54, 1.807) is 12.3 Å². The Balaban J connectivity index is 0.982. The Morgan fingerprint density at radius 3 is 1.88 bits per heavy atom. The van der Waals surface area contributed by atoms with E-state index >= 15 is 0 Å². The van der Waals surface area contributed by atoms with E-state index in [4.69, 9.17) is 22.1 Å². The third-order valence-electron chi connectivity index (χ3n) is 14.6. The van der Waals surface area contributed by atoms with Gasteiger partial charge in [-0.25, -0.2) is 4.98 Å². The molecule has 4 aromatic heterocycles. The normalized spacial score (nSPS) is 14.6. The summed E-state index contributed by atoms with van der Waals surface area (Å²) in [6.45, 7) is 17.3. The lowest BCUT2D eigenvalue weighted by atomic mass is 9.78. The molecule has 13 rings (SSSR count). The topological polar surface area (TPSA) is 40.8 Å². The van der Waals surface area contributed by atoms with Gasteiger partial charge in [0, 0.05) is 39.5 Å². The molecular weight excluding hydrogens is 939 g/mol. The number of pyridine rings is 1. The van der Waals surface area contributed by atoms with E-state index < -0.39 is 54.4 Å². The minimum Gasteiger partial charge on any atom is -0.458 e. The third kappa shape index (κ3) is 8.36. The highest BCUT2D eigenvalue weighted by Gasteiger charge is 2.25. The molecule has 0 atom stereocenters. The van der Waals surface area contributed by atoms with E-state index in [0.717, 1.165) is 60.7 Å². The van der Waals surface area contributed by atoms with Crippen molar-refractivity contribution < 1.29 is 27.1 Å². The van der Waals surface area contributed by atoms with Gasteiger partial charge in [-0.05, 0) is 128 Å². The van der Waals surface area contributed by atoms with Gasteiger partial charge in [-0.1, -0.05) is 189 Å². The van der Waals surface area contributed by atoms with Crippen LogP contribution in [0, 0.1) is 6.33 Å². The van der Waals surface area contributed by atoms with Crippen LogP contribution in [-0.4, -0.2) is 18.7 Å². The van der Waals surface area contributed by atoms with Gasteiger partial charge in [-0.2, -0.15) is 0 Å². The van der Waals surface area contributed by atoms with Crippen molar-refractivity contribution >= 4 is 54.6 Å². The summed E-state index contributed by atoms with van der Waals surface area (Å²) in [6, 6.07) is 37.4. The van der Waals surface area contributed by atoms with Crippen LogP contribution in [0.15, 0.2) is 218 Å². The molecule has 0 unspecified atom stereocenters. The number of benzene rings is 9. The maximum absolute atomic E-state index is 9.28. The zero-order chi connectivity index (χ0) is 64.1. The highest BCUT2D eigenvalue weighted by molar-refractivity contribution is 6.12. The molecule has 0 radical (unpaired) electrons. The molecular formula is C71H61N5O. The molecule has 376 valence electrons. The van der Waals surface area contributed by atoms with Crippen LogP contribution in [0.3, 0.4) is 0 Å². The molecule has 6 heteroatoms. The number of hydrogen-bond acceptors (Lipinski definition) is 2. The Kier molecular flexibility index (Phi) is 8.43. The summed E-state index contributed by atoms with van der Waals surface area (Å²) in [5.74, 6) is 1.77. The number of nitrogens with zero attached hydrogens (tertiary/aromatic N) is 5. The van der Waals surface area contributed by atoms with Crippen molar-refractivity contribution in [3.8, 4) is 56.6 Å². The highest BCUT2D eigenvalue weighted by Crippen LogP contribution is 2.41. The van der Waals surface area contributed by atoms with Crippen molar-refractivity contribution in [2.45, 2.75) is 72.1 Å². The molecule has 9 aromatic carbocycles. The van der Waals surface area contributed by atoms with Gasteiger partial charge in [0.1, 0.15) is 17.3 Å². The summed E-state index contributed by atoms with van der Waals surface area (Å²) in [4.78, 5) is 4.89. The first-order valence-corrected chi connectivity index (χ1v) is 25.8. The maximum Gasteiger partial charge on any atom is 0.269 e. The van der Waals surface area contributed by atoms with E-state index in [2.05, 4.69) is 79.9 Å². The Morgan fingerprint density at radius 2 is 1.17 bits per heavy atom. The number of rotatable bonds is 9. The molecule has 0 fully saturated rings. The van der Waals surface area contributed by atoms with Crippen molar-refractivity contribution in [2.24, 2.45) is 0 Å². The molecule has 0 amide bonds. The molecule has 0 saturated heterocycles. The number of aromatic nitrogens is 5. The fourth-order valence-electron chi connectivity index (χ4n) is 10.5. The van der Waals surface area contributed by atoms with E-state index in [1.165, 1.54) is 4.57 Å². The molecule has 0 N–H and O–H groups in total. The standard InChI is InChI=1S/C71H61N5O/c1-46(2)48-36-37-72-68(40-48)76-64-35-32-53(75-62-28-14-12-24-58(62)59-25-13-15-29-63(59)75)43-61(64)60-34-33-55(44-67(60)76)77-54-23-18-22-52(42-54)73-45-74(66-31-17-16-30-65(66)73)69-56(47-20-10-9-11-21-47)26-19-27-57(69)49-38-50(70(3,4)5)41-51(39-49)71(6,7)8/h9-44,46H,1-8H3/i9D,10D,11D,12D,13D,14D,15D,20D,21D,24D,25D,28D,29D. The van der Waals surface area contributed by atoms with Gasteiger partial charge >= 0.3 is 0 Å². The monoisotopic (exact) mass is 1010 g/mol. The Labute approximate surface area is 469 Å². The molecule has 0 bridgehead atoms. The quantitative estimate of drug-likeness (QED) is 0.107. The molecule has 0 spiro atoms. The molecule has 0 aliphatic carbocycles. The van der Waals surface area contributed by atoms with Crippen LogP contribution in [0.4, 0.5) is 0 Å². The fraction of sp³-hybridized carbons (Fsp3) is 0.155. The van der Waals surface area contributed by atoms with E-state index in [0.29, 0.717) is 39.9 Å². The van der Waals surface area contributed by atoms with Crippen LogP contribution >= 0.6 is 0 Å². The lowest BCUT2D eigenvalue weighted by Gasteiger charge is -2.27. The number of para-hydroxylation sites is 5. The van der Waals surface area contributed by atoms with Crippen molar-refractivity contribution in [2.75, 3.05) is 0 Å². The third-order valence-corrected chi connectivity index (χ3v) is 14.6. The van der Waals surface area contributed by atoms with Crippen molar-refractivity contribution in [1.29, 1.82) is 0 Å². The van der Waals surface area contributed by atoms with Gasteiger partial charge in [-0.3, -0.25) is 13.7 Å². The Bertz CT molecular complexity index is 5080. The lowest BCUT2D eigenvalue weighted by molar-refractivity contribution is -0.571. The van der Waals surface area contributed by atoms with Gasteiger partial charge in [0.25, 0.3) is 6.33 Å². The Morgan fingerprint density at radius 1 is 0.506 bits per heavy atom. The first-order valence-electron chi connectivity index (χ1n) is 32.3. The molecule has 77 heavy (non-hydrogen) atoms. The van der Waals surface area contributed by atoms with Gasteiger partial charge in [0.15, 0.2) is 0 Å². The second kappa shape index (κ2) is 18.4. The largest absolute Gasteiger partial charge is 0.458 e. The van der Waals surface area contributed by atoms with E-state index in [1.807, 2.05) is 123 Å². The molecule has 0 aliphatic heterocycles. The lowest BCUT2D eigenvalue weighted by Crippen LogP contribution is -2.31. The predicted octanol–water partition coefficient (Wildman–Crippen LogP) is 18.1. The average molecular weight is 1010 g/mol. The summed E-state index contributed by atoms with van der Waals surface area (Å²) in [5.41, 5.74) is 9.64. The maximum atomic E-state index is 9.28. The first-order chi connectivity index (χ1) is 42.7. The molecule has 4 heterocycles. The van der Waals surface area contributed by atoms with Gasteiger partial charge in [-0.15, -0.1) is 0 Å². The molecule has 0 aliphatic rings. The van der Waals surface area contributed by atoms with Crippen molar-refractivity contribution in [3.63, 3.8) is 0 Å². The minimum absolute atomic E-state index is 0.00720. The average Bonchev–Trinajstić information content (AvgIpc) is 1.53. The summed E-state index contributed by atoms with van der Waals surface area (Å²) in [7, 11) is 0. The summed E-state index contributed by atoms with van der Waals surface area (Å²) in [5, 5.41) is 1.48. The van der Waals surface area contributed by atoms with Gasteiger partial charge in [0.05, 0.1) is 62.3 Å². The van der Waals surface area contributed by atoms with E-state index in [9.17, 15) is 5.48 Å². The van der Waals surface area contributed by atoms with Gasteiger partial charge in [0.2, 0.25) is 0 Å². The number of hydrogen-bond donors (Lipinski definition) is 0. The smallest absolute Gasteiger partial charge is 0.269 e. The molecule has 13 aromatic rings. The van der Waals surface area contributed by atoms with Crippen molar-refractivity contribution in [1.82, 2.24) is 18.7 Å². The van der Waals surface area contributed by atoms with Crippen LogP contribution in [-0.2, 0) is 10.8 Å². The number of imidazole rings is 1. The summed E-state index contributed by atoms with van der Waals surface area (Å²) in [6.07, 6.45) is 5.45. The Hall–Kier alpha value is -9.00. The SMILES string of the molecule is [2H]c1c([2H])c([2H])c(-c2cccc(-c3cc(C(C)(C)C)cc(C(C)(C)C)c3)c2-[n+]2[c-]n(-c3cccc(Oc4ccc5c6cc(-n7c8c([2H])c([2H])c([2H])c([2H])c8c8c([2H])c([2H])c([2H])c([2H])c87)ccc6n(-c6cc(C(C)C)ccn6)c5c4)c3)c3ccccc32)c([2H])c1[2H]. The fourth-order valence-corrected chi connectivity index (χ4v) is 10.5. The van der Waals surface area contributed by atoms with Crippen LogP contribution < -0.4 is 9.30 Å².